The molecular weight excluding hydrogens is 204 g/mol. The largest absolute Gasteiger partial charge is 0.468 e. The van der Waals surface area contributed by atoms with Crippen LogP contribution in [0.15, 0.2) is 0 Å². The number of hydrogen-bond donors (Lipinski definition) is 1. The average Bonchev–Trinajstić information content (AvgIpc) is 2.53. The number of nitrogens with two attached hydrogens (primary N) is 1. The molecule has 4 nitrogen and oxygen atoms in total. The first-order valence-electron chi connectivity index (χ1n) is 6.16. The van der Waals surface area contributed by atoms with Crippen molar-refractivity contribution in [3.63, 3.8) is 0 Å². The molecule has 1 unspecified atom stereocenters. The molecule has 1 aliphatic rings. The lowest BCUT2D eigenvalue weighted by Crippen LogP contribution is -2.48. The molecule has 2 N–H and O–H groups in total. The molecule has 0 saturated carbocycles. The summed E-state index contributed by atoms with van der Waals surface area (Å²) in [7, 11) is 1.39. The van der Waals surface area contributed by atoms with Crippen molar-refractivity contribution in [1.29, 1.82) is 0 Å². The molecule has 1 aliphatic heterocycles. The zero-order valence-corrected chi connectivity index (χ0v) is 10.5. The van der Waals surface area contributed by atoms with E-state index >= 15 is 0 Å². The van der Waals surface area contributed by atoms with Gasteiger partial charge in [-0.05, 0) is 39.3 Å². The zero-order chi connectivity index (χ0) is 12.0. The van der Waals surface area contributed by atoms with E-state index in [1.54, 1.807) is 6.92 Å². The van der Waals surface area contributed by atoms with Gasteiger partial charge in [0, 0.05) is 6.54 Å². The first-order chi connectivity index (χ1) is 7.56. The second-order valence-corrected chi connectivity index (χ2v) is 4.91. The van der Waals surface area contributed by atoms with Gasteiger partial charge < -0.3 is 15.4 Å². The molecule has 0 bridgehead atoms. The second-order valence-electron chi connectivity index (χ2n) is 4.91. The van der Waals surface area contributed by atoms with Crippen LogP contribution < -0.4 is 5.73 Å². The third kappa shape index (κ3) is 4.10. The number of esters is 1. The smallest absolute Gasteiger partial charge is 0.325 e. The summed E-state index contributed by atoms with van der Waals surface area (Å²) in [5.41, 5.74) is 5.08. The molecular formula is C12H24N2O2. The predicted molar refractivity (Wildman–Crippen MR) is 64.1 cm³/mol. The summed E-state index contributed by atoms with van der Waals surface area (Å²) in [6.45, 7) is 4.91. The van der Waals surface area contributed by atoms with Crippen LogP contribution in [-0.2, 0) is 9.53 Å². The minimum absolute atomic E-state index is 0.317. The number of methoxy groups -OCH3 is 1. The van der Waals surface area contributed by atoms with Crippen molar-refractivity contribution >= 4 is 5.97 Å². The van der Waals surface area contributed by atoms with Gasteiger partial charge in [-0.1, -0.05) is 12.8 Å². The van der Waals surface area contributed by atoms with Gasteiger partial charge in [-0.2, -0.15) is 0 Å². The number of ether oxygens (including phenoxy) is 1. The van der Waals surface area contributed by atoms with Crippen LogP contribution in [0.4, 0.5) is 0 Å². The molecule has 0 aromatic heterocycles. The molecule has 0 aromatic carbocycles. The molecule has 1 atom stereocenters. The van der Waals surface area contributed by atoms with Gasteiger partial charge >= 0.3 is 5.97 Å². The highest BCUT2D eigenvalue weighted by Crippen LogP contribution is 2.13. The van der Waals surface area contributed by atoms with Crippen molar-refractivity contribution in [2.45, 2.75) is 44.6 Å². The molecule has 16 heavy (non-hydrogen) atoms. The second kappa shape index (κ2) is 6.21. The summed E-state index contributed by atoms with van der Waals surface area (Å²) in [5.74, 6) is -0.317. The number of nitrogens with zero attached hydrogens (tertiary/aromatic N) is 1. The topological polar surface area (TPSA) is 55.6 Å². The van der Waals surface area contributed by atoms with E-state index in [-0.39, 0.29) is 5.97 Å². The van der Waals surface area contributed by atoms with E-state index in [2.05, 4.69) is 4.90 Å². The lowest BCUT2D eigenvalue weighted by Gasteiger charge is -2.26. The monoisotopic (exact) mass is 228 g/mol. The summed E-state index contributed by atoms with van der Waals surface area (Å²) < 4.78 is 4.70. The molecule has 0 aromatic rings. The Labute approximate surface area is 98.1 Å². The Morgan fingerprint density at radius 2 is 1.88 bits per heavy atom. The highest BCUT2D eigenvalue weighted by Gasteiger charge is 2.29. The van der Waals surface area contributed by atoms with E-state index in [0.717, 1.165) is 19.6 Å². The number of carbonyl (C=O) groups excluding carboxylic acids is 1. The van der Waals surface area contributed by atoms with E-state index in [1.807, 2.05) is 0 Å². The molecule has 1 heterocycles. The van der Waals surface area contributed by atoms with Crippen LogP contribution in [0.3, 0.4) is 0 Å². The van der Waals surface area contributed by atoms with Gasteiger partial charge in [0.05, 0.1) is 7.11 Å². The van der Waals surface area contributed by atoms with Gasteiger partial charge in [0.25, 0.3) is 0 Å². The van der Waals surface area contributed by atoms with Crippen molar-refractivity contribution < 1.29 is 9.53 Å². The molecule has 1 fully saturated rings. The Morgan fingerprint density at radius 3 is 2.38 bits per heavy atom. The molecule has 1 rings (SSSR count). The Kier molecular flexibility index (Phi) is 5.22. The molecule has 1 saturated heterocycles. The van der Waals surface area contributed by atoms with E-state index in [1.165, 1.54) is 32.8 Å². The Balaban J connectivity index is 2.34. The number of carbonyl (C=O) groups is 1. The molecule has 0 aliphatic carbocycles. The van der Waals surface area contributed by atoms with E-state index in [4.69, 9.17) is 10.5 Å². The van der Waals surface area contributed by atoms with E-state index in [9.17, 15) is 4.79 Å². The van der Waals surface area contributed by atoms with Crippen molar-refractivity contribution in [2.75, 3.05) is 26.7 Å². The quantitative estimate of drug-likeness (QED) is 0.733. The van der Waals surface area contributed by atoms with E-state index < -0.39 is 5.54 Å². The maximum absolute atomic E-state index is 11.4. The fraction of sp³-hybridized carbons (Fsp3) is 0.917. The standard InChI is InChI=1S/C12H24N2O2/c1-12(13,11(15)16-2)7-10-14-8-5-3-4-6-9-14/h3-10,13H2,1-2H3. The van der Waals surface area contributed by atoms with Crippen molar-refractivity contribution in [2.24, 2.45) is 5.73 Å². The molecule has 0 radical (unpaired) electrons. The molecule has 0 amide bonds. The number of hydrogen-bond acceptors (Lipinski definition) is 4. The van der Waals surface area contributed by atoms with Crippen molar-refractivity contribution in [3.8, 4) is 0 Å². The van der Waals surface area contributed by atoms with Crippen LogP contribution in [0.25, 0.3) is 0 Å². The number of likely N-dealkylation sites (tertiary alicyclic amines) is 1. The highest BCUT2D eigenvalue weighted by molar-refractivity contribution is 5.79. The average molecular weight is 228 g/mol. The summed E-state index contributed by atoms with van der Waals surface area (Å²) in [6.07, 6.45) is 5.85. The van der Waals surface area contributed by atoms with Gasteiger partial charge in [0.1, 0.15) is 5.54 Å². The summed E-state index contributed by atoms with van der Waals surface area (Å²) >= 11 is 0. The minimum Gasteiger partial charge on any atom is -0.468 e. The highest BCUT2D eigenvalue weighted by atomic mass is 16.5. The lowest BCUT2D eigenvalue weighted by atomic mass is 9.99. The first kappa shape index (κ1) is 13.5. The molecule has 94 valence electrons. The fourth-order valence-electron chi connectivity index (χ4n) is 2.09. The molecule has 4 heteroatoms. The van der Waals surface area contributed by atoms with Crippen LogP contribution >= 0.6 is 0 Å². The maximum Gasteiger partial charge on any atom is 0.325 e. The van der Waals surface area contributed by atoms with Crippen molar-refractivity contribution in [3.05, 3.63) is 0 Å². The Hall–Kier alpha value is -0.610. The van der Waals surface area contributed by atoms with Crippen LogP contribution in [0.2, 0.25) is 0 Å². The Bertz CT molecular complexity index is 221. The molecule has 0 spiro atoms. The van der Waals surface area contributed by atoms with Crippen molar-refractivity contribution in [1.82, 2.24) is 4.90 Å². The number of rotatable bonds is 4. The van der Waals surface area contributed by atoms with Gasteiger partial charge in [0.15, 0.2) is 0 Å². The van der Waals surface area contributed by atoms with Crippen LogP contribution in [0, 0.1) is 0 Å². The Morgan fingerprint density at radius 1 is 1.31 bits per heavy atom. The third-order valence-electron chi connectivity index (χ3n) is 3.30. The fourth-order valence-corrected chi connectivity index (χ4v) is 2.09. The van der Waals surface area contributed by atoms with Gasteiger partial charge in [-0.25, -0.2) is 0 Å². The lowest BCUT2D eigenvalue weighted by molar-refractivity contribution is -0.146. The normalized spacial score (nSPS) is 22.2. The summed E-state index contributed by atoms with van der Waals surface area (Å²) in [4.78, 5) is 13.8. The van der Waals surface area contributed by atoms with Crippen LogP contribution in [0.5, 0.6) is 0 Å². The van der Waals surface area contributed by atoms with Gasteiger partial charge in [-0.15, -0.1) is 0 Å². The maximum atomic E-state index is 11.4. The van der Waals surface area contributed by atoms with Crippen LogP contribution in [0.1, 0.15) is 39.0 Å². The van der Waals surface area contributed by atoms with Crippen LogP contribution in [-0.4, -0.2) is 43.2 Å². The van der Waals surface area contributed by atoms with Gasteiger partial charge in [0.2, 0.25) is 0 Å². The van der Waals surface area contributed by atoms with Gasteiger partial charge in [-0.3, -0.25) is 4.79 Å². The minimum atomic E-state index is -0.846. The summed E-state index contributed by atoms with van der Waals surface area (Å²) in [6, 6.07) is 0. The van der Waals surface area contributed by atoms with E-state index in [0.29, 0.717) is 6.42 Å². The first-order valence-corrected chi connectivity index (χ1v) is 6.16. The summed E-state index contributed by atoms with van der Waals surface area (Å²) in [5, 5.41) is 0. The third-order valence-corrected chi connectivity index (χ3v) is 3.30. The SMILES string of the molecule is COC(=O)C(C)(N)CCN1CCCCCC1. The zero-order valence-electron chi connectivity index (χ0n) is 10.5. The predicted octanol–water partition coefficient (Wildman–Crippen LogP) is 1.14.